The molecule has 0 atom stereocenters. The second-order valence-electron chi connectivity index (χ2n) is 5.54. The Bertz CT molecular complexity index is 679. The lowest BCUT2D eigenvalue weighted by atomic mass is 10.3. The van der Waals surface area contributed by atoms with Gasteiger partial charge in [-0.25, -0.2) is 0 Å². The number of ether oxygens (including phenoxy) is 2. The Labute approximate surface area is 164 Å². The Morgan fingerprint density at radius 1 is 1.08 bits per heavy atom. The van der Waals surface area contributed by atoms with Crippen LogP contribution in [0.1, 0.15) is 19.8 Å². The van der Waals surface area contributed by atoms with Crippen molar-refractivity contribution in [1.82, 2.24) is 0 Å². The molecular formula is C20H24ClNO3S. The van der Waals surface area contributed by atoms with Crippen LogP contribution in [-0.4, -0.2) is 30.6 Å². The smallest absolute Gasteiger partial charge is 0.234 e. The van der Waals surface area contributed by atoms with E-state index in [1.807, 2.05) is 55.5 Å². The summed E-state index contributed by atoms with van der Waals surface area (Å²) in [6.07, 6.45) is 1.95. The van der Waals surface area contributed by atoms with Crippen molar-refractivity contribution in [3.63, 3.8) is 0 Å². The number of hydrogen-bond donors (Lipinski definition) is 1. The third kappa shape index (κ3) is 7.58. The number of carbonyl (C=O) groups is 1. The van der Waals surface area contributed by atoms with Crippen LogP contribution in [0.4, 0.5) is 5.69 Å². The summed E-state index contributed by atoms with van der Waals surface area (Å²) in [4.78, 5) is 12.0. The largest absolute Gasteiger partial charge is 0.494 e. The van der Waals surface area contributed by atoms with Crippen LogP contribution in [0, 0.1) is 0 Å². The van der Waals surface area contributed by atoms with E-state index >= 15 is 0 Å². The maximum Gasteiger partial charge on any atom is 0.234 e. The van der Waals surface area contributed by atoms with Gasteiger partial charge in [0, 0.05) is 5.02 Å². The number of hydrogen-bond acceptors (Lipinski definition) is 4. The van der Waals surface area contributed by atoms with Crippen LogP contribution in [0.3, 0.4) is 0 Å². The maximum atomic E-state index is 12.0. The molecule has 1 amide bonds. The Hall–Kier alpha value is -1.85. The van der Waals surface area contributed by atoms with E-state index in [2.05, 4.69) is 5.32 Å². The summed E-state index contributed by atoms with van der Waals surface area (Å²) < 4.78 is 11.2. The highest BCUT2D eigenvalue weighted by molar-refractivity contribution is 7.99. The van der Waals surface area contributed by atoms with Crippen molar-refractivity contribution >= 4 is 35.0 Å². The van der Waals surface area contributed by atoms with E-state index in [4.69, 9.17) is 21.1 Å². The molecule has 0 saturated carbocycles. The van der Waals surface area contributed by atoms with Crippen LogP contribution in [0.15, 0.2) is 48.5 Å². The van der Waals surface area contributed by atoms with Gasteiger partial charge in [0.2, 0.25) is 5.91 Å². The SMILES string of the molecule is CCOc1ccccc1NC(=O)CSCCCCOc1ccc(Cl)cc1. The minimum Gasteiger partial charge on any atom is -0.494 e. The number of anilines is 1. The molecule has 1 N–H and O–H groups in total. The molecule has 0 aliphatic heterocycles. The second-order valence-corrected chi connectivity index (χ2v) is 7.08. The van der Waals surface area contributed by atoms with Crippen LogP contribution < -0.4 is 14.8 Å². The first kappa shape index (κ1) is 20.5. The van der Waals surface area contributed by atoms with E-state index in [1.54, 1.807) is 11.8 Å². The van der Waals surface area contributed by atoms with E-state index in [1.165, 1.54) is 0 Å². The van der Waals surface area contributed by atoms with Gasteiger partial charge in [-0.3, -0.25) is 4.79 Å². The molecule has 0 aliphatic carbocycles. The van der Waals surface area contributed by atoms with Crippen molar-refractivity contribution in [2.24, 2.45) is 0 Å². The number of amides is 1. The monoisotopic (exact) mass is 393 g/mol. The molecule has 4 nitrogen and oxygen atoms in total. The maximum absolute atomic E-state index is 12.0. The number of thioether (sulfide) groups is 1. The number of carbonyl (C=O) groups excluding carboxylic acids is 1. The van der Waals surface area contributed by atoms with Gasteiger partial charge >= 0.3 is 0 Å². The highest BCUT2D eigenvalue weighted by Crippen LogP contribution is 2.23. The molecule has 0 unspecified atom stereocenters. The Kier molecular flexibility index (Phi) is 9.21. The standard InChI is InChI=1S/C20H24ClNO3S/c1-2-24-19-8-4-3-7-18(19)22-20(23)15-26-14-6-5-13-25-17-11-9-16(21)10-12-17/h3-4,7-12H,2,5-6,13-15H2,1H3,(H,22,23). The molecular weight excluding hydrogens is 370 g/mol. The molecule has 6 heteroatoms. The van der Waals surface area contributed by atoms with Gasteiger partial charge in [-0.1, -0.05) is 23.7 Å². The summed E-state index contributed by atoms with van der Waals surface area (Å²) in [5.74, 6) is 2.87. The molecule has 0 fully saturated rings. The van der Waals surface area contributed by atoms with Gasteiger partial charge in [-0.2, -0.15) is 11.8 Å². The first-order valence-corrected chi connectivity index (χ1v) is 10.2. The quantitative estimate of drug-likeness (QED) is 0.528. The molecule has 0 aromatic heterocycles. The van der Waals surface area contributed by atoms with Crippen molar-refractivity contribution in [2.75, 3.05) is 30.0 Å². The average Bonchev–Trinajstić information content (AvgIpc) is 2.64. The summed E-state index contributed by atoms with van der Waals surface area (Å²) >= 11 is 7.46. The molecule has 0 saturated heterocycles. The molecule has 2 aromatic rings. The lowest BCUT2D eigenvalue weighted by Gasteiger charge is -2.11. The minimum absolute atomic E-state index is 0.0143. The average molecular weight is 394 g/mol. The lowest BCUT2D eigenvalue weighted by Crippen LogP contribution is -2.15. The summed E-state index contributed by atoms with van der Waals surface area (Å²) in [5.41, 5.74) is 0.719. The minimum atomic E-state index is -0.0143. The third-order valence-electron chi connectivity index (χ3n) is 3.46. The zero-order valence-corrected chi connectivity index (χ0v) is 16.4. The first-order valence-electron chi connectivity index (χ1n) is 8.67. The summed E-state index contributed by atoms with van der Waals surface area (Å²) in [7, 11) is 0. The van der Waals surface area contributed by atoms with E-state index in [0.717, 1.165) is 30.0 Å². The van der Waals surface area contributed by atoms with Crippen LogP contribution in [0.25, 0.3) is 0 Å². The second kappa shape index (κ2) is 11.7. The molecule has 0 aliphatic rings. The van der Waals surface area contributed by atoms with E-state index in [0.29, 0.717) is 29.7 Å². The van der Waals surface area contributed by atoms with Gasteiger partial charge in [0.15, 0.2) is 0 Å². The number of unbranched alkanes of at least 4 members (excludes halogenated alkanes) is 1. The summed E-state index contributed by atoms with van der Waals surface area (Å²) in [6.45, 7) is 3.15. The van der Waals surface area contributed by atoms with Crippen molar-refractivity contribution in [3.8, 4) is 11.5 Å². The zero-order valence-electron chi connectivity index (χ0n) is 14.9. The fourth-order valence-corrected chi connectivity index (χ4v) is 3.17. The fourth-order valence-electron chi connectivity index (χ4n) is 2.23. The summed E-state index contributed by atoms with van der Waals surface area (Å²) in [5, 5.41) is 3.61. The van der Waals surface area contributed by atoms with Gasteiger partial charge in [0.05, 0.1) is 24.7 Å². The van der Waals surface area contributed by atoms with Gasteiger partial charge in [0.25, 0.3) is 0 Å². The van der Waals surface area contributed by atoms with Gasteiger partial charge in [-0.15, -0.1) is 0 Å². The lowest BCUT2D eigenvalue weighted by molar-refractivity contribution is -0.113. The van der Waals surface area contributed by atoms with Crippen LogP contribution in [0.2, 0.25) is 5.02 Å². The topological polar surface area (TPSA) is 47.6 Å². The molecule has 0 bridgehead atoms. The molecule has 140 valence electrons. The number of benzene rings is 2. The van der Waals surface area contributed by atoms with E-state index < -0.39 is 0 Å². The molecule has 0 spiro atoms. The molecule has 2 rings (SSSR count). The van der Waals surface area contributed by atoms with Crippen molar-refractivity contribution in [3.05, 3.63) is 53.6 Å². The normalized spacial score (nSPS) is 10.4. The number of nitrogens with one attached hydrogen (secondary N) is 1. The van der Waals surface area contributed by atoms with Crippen molar-refractivity contribution < 1.29 is 14.3 Å². The molecule has 2 aromatic carbocycles. The number of rotatable bonds is 11. The predicted octanol–water partition coefficient (Wildman–Crippen LogP) is 5.27. The van der Waals surface area contributed by atoms with Crippen LogP contribution >= 0.6 is 23.4 Å². The molecule has 26 heavy (non-hydrogen) atoms. The van der Waals surface area contributed by atoms with Crippen molar-refractivity contribution in [2.45, 2.75) is 19.8 Å². The first-order chi connectivity index (χ1) is 12.7. The predicted molar refractivity (Wildman–Crippen MR) is 110 cm³/mol. The summed E-state index contributed by atoms with van der Waals surface area (Å²) in [6, 6.07) is 14.8. The Morgan fingerprint density at radius 3 is 2.62 bits per heavy atom. The highest BCUT2D eigenvalue weighted by Gasteiger charge is 2.07. The fraction of sp³-hybridized carbons (Fsp3) is 0.350. The highest BCUT2D eigenvalue weighted by atomic mass is 35.5. The van der Waals surface area contributed by atoms with Gasteiger partial charge < -0.3 is 14.8 Å². The number of halogens is 1. The Morgan fingerprint density at radius 2 is 1.85 bits per heavy atom. The van der Waals surface area contributed by atoms with Crippen LogP contribution in [0.5, 0.6) is 11.5 Å². The number of para-hydroxylation sites is 2. The van der Waals surface area contributed by atoms with E-state index in [9.17, 15) is 4.79 Å². The van der Waals surface area contributed by atoms with Crippen molar-refractivity contribution in [1.29, 1.82) is 0 Å². The third-order valence-corrected chi connectivity index (χ3v) is 4.76. The van der Waals surface area contributed by atoms with E-state index in [-0.39, 0.29) is 5.91 Å². The molecule has 0 heterocycles. The van der Waals surface area contributed by atoms with Gasteiger partial charge in [-0.05, 0) is 61.9 Å². The van der Waals surface area contributed by atoms with Crippen LogP contribution in [-0.2, 0) is 4.79 Å². The zero-order chi connectivity index (χ0) is 18.6. The Balaban J connectivity index is 1.57. The molecule has 0 radical (unpaired) electrons. The van der Waals surface area contributed by atoms with Gasteiger partial charge in [0.1, 0.15) is 11.5 Å².